The SMILES string of the molecule is O=C(c1cccc(C(F)(F)F)c1)N1CCN(S(=O)(=O)c2ccccc2)CC1. The Kier molecular flexibility index (Phi) is 5.25. The highest BCUT2D eigenvalue weighted by molar-refractivity contribution is 7.89. The second-order valence-electron chi connectivity index (χ2n) is 6.09. The van der Waals surface area contributed by atoms with Gasteiger partial charge in [-0.2, -0.15) is 17.5 Å². The van der Waals surface area contributed by atoms with E-state index in [2.05, 4.69) is 0 Å². The van der Waals surface area contributed by atoms with Gasteiger partial charge in [0.2, 0.25) is 10.0 Å². The van der Waals surface area contributed by atoms with Crippen molar-refractivity contribution in [2.75, 3.05) is 26.2 Å². The van der Waals surface area contributed by atoms with Gasteiger partial charge in [0.1, 0.15) is 0 Å². The fourth-order valence-corrected chi connectivity index (χ4v) is 4.33. The smallest absolute Gasteiger partial charge is 0.336 e. The molecular weight excluding hydrogens is 381 g/mol. The third-order valence-corrected chi connectivity index (χ3v) is 6.26. The maximum Gasteiger partial charge on any atom is 0.416 e. The number of carbonyl (C=O) groups excluding carboxylic acids is 1. The van der Waals surface area contributed by atoms with Crippen molar-refractivity contribution in [1.82, 2.24) is 9.21 Å². The molecule has 27 heavy (non-hydrogen) atoms. The number of sulfonamides is 1. The second kappa shape index (κ2) is 7.32. The third kappa shape index (κ3) is 4.14. The Labute approximate surface area is 155 Å². The summed E-state index contributed by atoms with van der Waals surface area (Å²) in [5.74, 6) is -0.544. The van der Waals surface area contributed by atoms with Gasteiger partial charge < -0.3 is 4.90 Å². The molecule has 0 aliphatic carbocycles. The summed E-state index contributed by atoms with van der Waals surface area (Å²) >= 11 is 0. The Morgan fingerprint density at radius 1 is 0.889 bits per heavy atom. The summed E-state index contributed by atoms with van der Waals surface area (Å²) in [5, 5.41) is 0. The highest BCUT2D eigenvalue weighted by Gasteiger charge is 2.33. The summed E-state index contributed by atoms with van der Waals surface area (Å²) in [6.45, 7) is 0.395. The number of benzene rings is 2. The number of halogens is 3. The standard InChI is InChI=1S/C18H17F3N2O3S/c19-18(20,21)15-6-4-5-14(13-15)17(24)22-9-11-23(12-10-22)27(25,26)16-7-2-1-3-8-16/h1-8,13H,9-12H2. The first kappa shape index (κ1) is 19.4. The summed E-state index contributed by atoms with van der Waals surface area (Å²) in [6.07, 6.45) is -4.53. The van der Waals surface area contributed by atoms with E-state index in [4.69, 9.17) is 0 Å². The number of carbonyl (C=O) groups is 1. The van der Waals surface area contributed by atoms with Gasteiger partial charge in [0.05, 0.1) is 10.5 Å². The molecule has 0 radical (unpaired) electrons. The predicted molar refractivity (Wildman–Crippen MR) is 92.5 cm³/mol. The second-order valence-corrected chi connectivity index (χ2v) is 8.03. The summed E-state index contributed by atoms with van der Waals surface area (Å²) in [6, 6.07) is 12.2. The highest BCUT2D eigenvalue weighted by Crippen LogP contribution is 2.30. The van der Waals surface area contributed by atoms with E-state index in [9.17, 15) is 26.4 Å². The summed E-state index contributed by atoms with van der Waals surface area (Å²) < 4.78 is 64.9. The van der Waals surface area contributed by atoms with Crippen molar-refractivity contribution < 1.29 is 26.4 Å². The van der Waals surface area contributed by atoms with Crippen molar-refractivity contribution in [2.24, 2.45) is 0 Å². The summed E-state index contributed by atoms with van der Waals surface area (Å²) in [7, 11) is -3.66. The molecule has 5 nitrogen and oxygen atoms in total. The number of rotatable bonds is 3. The zero-order valence-electron chi connectivity index (χ0n) is 14.2. The quantitative estimate of drug-likeness (QED) is 0.799. The van der Waals surface area contributed by atoms with Crippen molar-refractivity contribution in [3.8, 4) is 0 Å². The van der Waals surface area contributed by atoms with Crippen LogP contribution in [-0.4, -0.2) is 49.7 Å². The summed E-state index contributed by atoms with van der Waals surface area (Å²) in [5.41, 5.74) is -0.956. The number of alkyl halides is 3. The van der Waals surface area contributed by atoms with Crippen LogP contribution in [-0.2, 0) is 16.2 Å². The van der Waals surface area contributed by atoms with Crippen LogP contribution in [0.25, 0.3) is 0 Å². The van der Waals surface area contributed by atoms with Gasteiger partial charge in [-0.05, 0) is 30.3 Å². The molecular formula is C18H17F3N2O3S. The van der Waals surface area contributed by atoms with Gasteiger partial charge in [-0.15, -0.1) is 0 Å². The highest BCUT2D eigenvalue weighted by atomic mass is 32.2. The first-order valence-corrected chi connectivity index (χ1v) is 9.65. The van der Waals surface area contributed by atoms with E-state index in [-0.39, 0.29) is 36.6 Å². The minimum atomic E-state index is -4.53. The molecule has 144 valence electrons. The van der Waals surface area contributed by atoms with Crippen LogP contribution in [0.4, 0.5) is 13.2 Å². The maximum atomic E-state index is 12.8. The molecule has 0 N–H and O–H groups in total. The third-order valence-electron chi connectivity index (χ3n) is 4.34. The molecule has 9 heteroatoms. The van der Waals surface area contributed by atoms with E-state index in [1.807, 2.05) is 0 Å². The van der Waals surface area contributed by atoms with Crippen molar-refractivity contribution >= 4 is 15.9 Å². The van der Waals surface area contributed by atoms with Gasteiger partial charge in [-0.3, -0.25) is 4.79 Å². The van der Waals surface area contributed by atoms with E-state index >= 15 is 0 Å². The van der Waals surface area contributed by atoms with Crippen molar-refractivity contribution in [3.05, 3.63) is 65.7 Å². The average molecular weight is 398 g/mol. The van der Waals surface area contributed by atoms with Gasteiger partial charge in [0.25, 0.3) is 5.91 Å². The van der Waals surface area contributed by atoms with Crippen LogP contribution in [0.3, 0.4) is 0 Å². The van der Waals surface area contributed by atoms with Crippen LogP contribution < -0.4 is 0 Å². The molecule has 0 spiro atoms. The Hall–Kier alpha value is -2.39. The van der Waals surface area contributed by atoms with Gasteiger partial charge in [-0.1, -0.05) is 24.3 Å². The van der Waals surface area contributed by atoms with E-state index in [0.717, 1.165) is 12.1 Å². The lowest BCUT2D eigenvalue weighted by atomic mass is 10.1. The van der Waals surface area contributed by atoms with E-state index in [0.29, 0.717) is 0 Å². The molecule has 0 bridgehead atoms. The molecule has 1 aliphatic rings. The molecule has 3 rings (SSSR count). The largest absolute Gasteiger partial charge is 0.416 e. The van der Waals surface area contributed by atoms with Crippen LogP contribution in [0, 0.1) is 0 Å². The molecule has 0 aromatic heterocycles. The Bertz CT molecular complexity index is 922. The van der Waals surface area contributed by atoms with Crippen LogP contribution in [0.1, 0.15) is 15.9 Å². The molecule has 2 aromatic rings. The molecule has 0 atom stereocenters. The fraction of sp³-hybridized carbons (Fsp3) is 0.278. The maximum absolute atomic E-state index is 12.8. The van der Waals surface area contributed by atoms with Crippen molar-refractivity contribution in [2.45, 2.75) is 11.1 Å². The lowest BCUT2D eigenvalue weighted by Gasteiger charge is -2.34. The summed E-state index contributed by atoms with van der Waals surface area (Å²) in [4.78, 5) is 14.0. The van der Waals surface area contributed by atoms with Crippen molar-refractivity contribution in [1.29, 1.82) is 0 Å². The zero-order chi connectivity index (χ0) is 19.7. The minimum Gasteiger partial charge on any atom is -0.336 e. The molecule has 0 saturated carbocycles. The number of piperazine rings is 1. The number of hydrogen-bond donors (Lipinski definition) is 0. The molecule has 1 saturated heterocycles. The van der Waals surface area contributed by atoms with Crippen molar-refractivity contribution in [3.63, 3.8) is 0 Å². The lowest BCUT2D eigenvalue weighted by Crippen LogP contribution is -2.50. The van der Waals surface area contributed by atoms with E-state index in [1.54, 1.807) is 18.2 Å². The monoisotopic (exact) mass is 398 g/mol. The molecule has 1 heterocycles. The number of hydrogen-bond acceptors (Lipinski definition) is 3. The van der Waals surface area contributed by atoms with Gasteiger partial charge in [-0.25, -0.2) is 8.42 Å². The Morgan fingerprint density at radius 3 is 2.11 bits per heavy atom. The lowest BCUT2D eigenvalue weighted by molar-refractivity contribution is -0.137. The topological polar surface area (TPSA) is 57.7 Å². The Morgan fingerprint density at radius 2 is 1.52 bits per heavy atom. The van der Waals surface area contributed by atoms with Gasteiger partial charge in [0.15, 0.2) is 0 Å². The average Bonchev–Trinajstić information content (AvgIpc) is 2.67. The van der Waals surface area contributed by atoms with Crippen LogP contribution in [0.15, 0.2) is 59.5 Å². The zero-order valence-corrected chi connectivity index (χ0v) is 15.0. The molecule has 1 aliphatic heterocycles. The van der Waals surface area contributed by atoms with E-state index in [1.165, 1.54) is 33.5 Å². The molecule has 1 amide bonds. The van der Waals surface area contributed by atoms with Crippen LogP contribution >= 0.6 is 0 Å². The van der Waals surface area contributed by atoms with Crippen LogP contribution in [0.5, 0.6) is 0 Å². The van der Waals surface area contributed by atoms with Gasteiger partial charge in [0, 0.05) is 31.7 Å². The first-order valence-electron chi connectivity index (χ1n) is 8.21. The van der Waals surface area contributed by atoms with E-state index < -0.39 is 27.7 Å². The fourth-order valence-electron chi connectivity index (χ4n) is 2.88. The minimum absolute atomic E-state index is 0.0656. The number of nitrogens with zero attached hydrogens (tertiary/aromatic N) is 2. The Balaban J connectivity index is 1.70. The molecule has 2 aromatic carbocycles. The molecule has 1 fully saturated rings. The first-order chi connectivity index (χ1) is 12.7. The molecule has 0 unspecified atom stereocenters. The number of amides is 1. The van der Waals surface area contributed by atoms with Gasteiger partial charge >= 0.3 is 6.18 Å². The normalized spacial score (nSPS) is 16.3. The predicted octanol–water partition coefficient (Wildman–Crippen LogP) is 2.85. The van der Waals surface area contributed by atoms with Crippen LogP contribution in [0.2, 0.25) is 0 Å².